The molecular weight excluding hydrogens is 592 g/mol. The molecule has 44 heavy (non-hydrogen) atoms. The van der Waals surface area contributed by atoms with E-state index in [9.17, 15) is 23.2 Å². The summed E-state index contributed by atoms with van der Waals surface area (Å²) in [6, 6.07) is 18.1. The third-order valence-electron chi connectivity index (χ3n) is 7.39. The molecule has 3 aromatic carbocycles. The Morgan fingerprint density at radius 3 is 2.52 bits per heavy atom. The molecule has 224 valence electrons. The molecule has 1 saturated heterocycles. The summed E-state index contributed by atoms with van der Waals surface area (Å²) < 4.78 is 29.4. The lowest BCUT2D eigenvalue weighted by atomic mass is 10.0. The molecule has 0 saturated carbocycles. The van der Waals surface area contributed by atoms with Gasteiger partial charge in [-0.05, 0) is 42.0 Å². The minimum Gasteiger partial charge on any atom is -0.324 e. The van der Waals surface area contributed by atoms with Crippen molar-refractivity contribution in [1.82, 2.24) is 24.5 Å². The second-order valence-corrected chi connectivity index (χ2v) is 10.9. The largest absolute Gasteiger partial charge is 0.324 e. The number of anilines is 2. The summed E-state index contributed by atoms with van der Waals surface area (Å²) in [7, 11) is 1.80. The molecule has 1 unspecified atom stereocenters. The Labute approximate surface area is 255 Å². The first-order valence-corrected chi connectivity index (χ1v) is 14.0. The van der Waals surface area contributed by atoms with Crippen LogP contribution in [0.15, 0.2) is 85.3 Å². The molecule has 1 fully saturated rings. The van der Waals surface area contributed by atoms with Gasteiger partial charge in [-0.1, -0.05) is 41.9 Å². The number of carbonyl (C=O) groups excluding carboxylic acids is 3. The molecule has 1 atom stereocenters. The normalized spacial score (nSPS) is 14.5. The van der Waals surface area contributed by atoms with Gasteiger partial charge < -0.3 is 10.2 Å². The van der Waals surface area contributed by atoms with E-state index in [1.54, 1.807) is 29.9 Å². The summed E-state index contributed by atoms with van der Waals surface area (Å²) in [5, 5.41) is 12.4. The number of nitrogens with zero attached hydrogens (tertiary/aromatic N) is 6. The number of aromatic nitrogens is 4. The van der Waals surface area contributed by atoms with Crippen molar-refractivity contribution in [3.8, 4) is 5.69 Å². The van der Waals surface area contributed by atoms with Crippen molar-refractivity contribution in [3.63, 3.8) is 0 Å². The van der Waals surface area contributed by atoms with Crippen molar-refractivity contribution in [2.24, 2.45) is 7.05 Å². The highest BCUT2D eigenvalue weighted by Gasteiger charge is 2.39. The van der Waals surface area contributed by atoms with E-state index < -0.39 is 43.3 Å². The van der Waals surface area contributed by atoms with Gasteiger partial charge in [0.15, 0.2) is 0 Å². The predicted octanol–water partition coefficient (Wildman–Crippen LogP) is 4.78. The zero-order chi connectivity index (χ0) is 31.0. The van der Waals surface area contributed by atoms with Crippen molar-refractivity contribution >= 4 is 51.6 Å². The van der Waals surface area contributed by atoms with E-state index in [2.05, 4.69) is 15.5 Å². The van der Waals surface area contributed by atoms with Crippen LogP contribution in [-0.4, -0.2) is 61.3 Å². The molecule has 0 spiro atoms. The average Bonchev–Trinajstić information content (AvgIpc) is 3.64. The van der Waals surface area contributed by atoms with Crippen LogP contribution in [0.1, 0.15) is 17.6 Å². The van der Waals surface area contributed by atoms with Crippen LogP contribution in [0.5, 0.6) is 0 Å². The number of carbonyl (C=O) groups is 3. The van der Waals surface area contributed by atoms with Crippen LogP contribution in [0.25, 0.3) is 16.6 Å². The lowest BCUT2D eigenvalue weighted by molar-refractivity contribution is -0.143. The third kappa shape index (κ3) is 5.88. The fraction of sp³-hybridized carbons (Fsp3) is 0.194. The fourth-order valence-corrected chi connectivity index (χ4v) is 5.43. The number of nitrogens with one attached hydrogen (secondary N) is 1. The van der Waals surface area contributed by atoms with E-state index >= 15 is 0 Å². The van der Waals surface area contributed by atoms with E-state index in [4.69, 9.17) is 11.6 Å². The molecule has 10 nitrogen and oxygen atoms in total. The lowest BCUT2D eigenvalue weighted by Crippen LogP contribution is -2.60. The number of hydrogen-bond donors (Lipinski definition) is 1. The first-order valence-electron chi connectivity index (χ1n) is 13.7. The standard InChI is InChI=1S/C31H26ClF2N7O3/c1-38-15-20-12-23(8-9-24(20)37-38)36-31(44)27(11-19-5-3-2-4-6-19)40-18-28(42)39(17-29(40)43)26-13-22(32)7-10-25(26)41-16-21(14-35-41)30(33)34/h2-10,12-16,27,30H,11,17-18H2,1H3,(H,36,44). The Kier molecular flexibility index (Phi) is 7.83. The Balaban J connectivity index is 1.29. The molecule has 1 aliphatic rings. The minimum atomic E-state index is -2.73. The van der Waals surface area contributed by atoms with Crippen LogP contribution in [0.2, 0.25) is 5.02 Å². The maximum absolute atomic E-state index is 13.8. The van der Waals surface area contributed by atoms with Gasteiger partial charge >= 0.3 is 0 Å². The van der Waals surface area contributed by atoms with E-state index in [0.717, 1.165) is 28.9 Å². The molecule has 0 aliphatic carbocycles. The number of rotatable bonds is 8. The summed E-state index contributed by atoms with van der Waals surface area (Å²) in [5.74, 6) is -1.40. The van der Waals surface area contributed by atoms with Crippen LogP contribution in [0.4, 0.5) is 20.2 Å². The highest BCUT2D eigenvalue weighted by Crippen LogP contribution is 2.31. The van der Waals surface area contributed by atoms with Crippen molar-refractivity contribution in [2.75, 3.05) is 23.3 Å². The Morgan fingerprint density at radius 1 is 0.977 bits per heavy atom. The molecule has 2 aromatic heterocycles. The van der Waals surface area contributed by atoms with Gasteiger partial charge in [0.05, 0.1) is 28.7 Å². The monoisotopic (exact) mass is 617 g/mol. The number of benzene rings is 3. The van der Waals surface area contributed by atoms with E-state index in [-0.39, 0.29) is 22.7 Å². The topological polar surface area (TPSA) is 105 Å². The fourth-order valence-electron chi connectivity index (χ4n) is 5.26. The number of amides is 3. The van der Waals surface area contributed by atoms with Gasteiger partial charge in [-0.2, -0.15) is 10.2 Å². The number of aryl methyl sites for hydroxylation is 1. The van der Waals surface area contributed by atoms with Crippen molar-refractivity contribution in [3.05, 3.63) is 101 Å². The average molecular weight is 618 g/mol. The van der Waals surface area contributed by atoms with Gasteiger partial charge in [0.1, 0.15) is 19.1 Å². The van der Waals surface area contributed by atoms with Gasteiger partial charge in [-0.25, -0.2) is 13.5 Å². The van der Waals surface area contributed by atoms with E-state index in [1.165, 1.54) is 32.7 Å². The Morgan fingerprint density at radius 2 is 1.77 bits per heavy atom. The zero-order valence-electron chi connectivity index (χ0n) is 23.4. The van der Waals surface area contributed by atoms with Gasteiger partial charge in [-0.3, -0.25) is 24.0 Å². The summed E-state index contributed by atoms with van der Waals surface area (Å²) in [4.78, 5) is 43.6. The maximum atomic E-state index is 13.8. The SMILES string of the molecule is Cn1cc2cc(NC(=O)C(Cc3ccccc3)N3CC(=O)N(c4cc(Cl)ccc4-n4cc(C(F)F)cn4)CC3=O)ccc2n1. The lowest BCUT2D eigenvalue weighted by Gasteiger charge is -2.38. The molecule has 1 aliphatic heterocycles. The van der Waals surface area contributed by atoms with E-state index in [1.807, 2.05) is 36.5 Å². The predicted molar refractivity (Wildman–Crippen MR) is 161 cm³/mol. The highest BCUT2D eigenvalue weighted by molar-refractivity contribution is 6.31. The smallest absolute Gasteiger partial charge is 0.266 e. The van der Waals surface area contributed by atoms with Crippen LogP contribution in [0, 0.1) is 0 Å². The van der Waals surface area contributed by atoms with Crippen LogP contribution < -0.4 is 10.2 Å². The molecular formula is C31H26ClF2N7O3. The second-order valence-electron chi connectivity index (χ2n) is 10.4. The van der Waals surface area contributed by atoms with Gasteiger partial charge in [0.2, 0.25) is 17.7 Å². The highest BCUT2D eigenvalue weighted by atomic mass is 35.5. The first kappa shape index (κ1) is 29.0. The Hall–Kier alpha value is -5.10. The number of halogens is 3. The molecule has 3 heterocycles. The quantitative estimate of drug-likeness (QED) is 0.270. The number of piperazine rings is 1. The van der Waals surface area contributed by atoms with Crippen LogP contribution in [0.3, 0.4) is 0 Å². The minimum absolute atomic E-state index is 0.174. The third-order valence-corrected chi connectivity index (χ3v) is 7.62. The summed E-state index contributed by atoms with van der Waals surface area (Å²) in [5.41, 5.74) is 2.33. The second kappa shape index (κ2) is 11.9. The molecule has 13 heteroatoms. The Bertz CT molecular complexity index is 1870. The molecule has 6 rings (SSSR count). The first-order chi connectivity index (χ1) is 21.2. The van der Waals surface area contributed by atoms with Gasteiger partial charge in [0.25, 0.3) is 6.43 Å². The van der Waals surface area contributed by atoms with Gasteiger partial charge in [-0.15, -0.1) is 0 Å². The molecule has 0 radical (unpaired) electrons. The molecule has 1 N–H and O–H groups in total. The molecule has 3 amide bonds. The summed E-state index contributed by atoms with van der Waals surface area (Å²) in [6.07, 6.45) is 1.46. The van der Waals surface area contributed by atoms with Gasteiger partial charge in [0, 0.05) is 42.0 Å². The number of fused-ring (bicyclic) bond motifs is 1. The summed E-state index contributed by atoms with van der Waals surface area (Å²) >= 11 is 6.25. The van der Waals surface area contributed by atoms with E-state index in [0.29, 0.717) is 11.4 Å². The number of hydrogen-bond acceptors (Lipinski definition) is 5. The summed E-state index contributed by atoms with van der Waals surface area (Å²) in [6.45, 7) is -0.784. The van der Waals surface area contributed by atoms with Crippen molar-refractivity contribution < 1.29 is 23.2 Å². The van der Waals surface area contributed by atoms with Crippen molar-refractivity contribution in [2.45, 2.75) is 18.9 Å². The van der Waals surface area contributed by atoms with Crippen LogP contribution >= 0.6 is 11.6 Å². The molecule has 5 aromatic rings. The zero-order valence-corrected chi connectivity index (χ0v) is 24.2. The maximum Gasteiger partial charge on any atom is 0.266 e. The van der Waals surface area contributed by atoms with Crippen molar-refractivity contribution in [1.29, 1.82) is 0 Å². The molecule has 0 bridgehead atoms. The van der Waals surface area contributed by atoms with Crippen LogP contribution in [-0.2, 0) is 27.9 Å². The number of alkyl halides is 2.